The molecule has 8 heteroatoms. The first-order valence-corrected chi connectivity index (χ1v) is 8.79. The van der Waals surface area contributed by atoms with Gasteiger partial charge in [-0.05, 0) is 12.5 Å². The number of aromatic nitrogens is 2. The zero-order valence-electron chi connectivity index (χ0n) is 13.9. The number of hydrogen-bond acceptors (Lipinski definition) is 7. The Balaban J connectivity index is 1.62. The van der Waals surface area contributed by atoms with E-state index in [0.29, 0.717) is 28.7 Å². The van der Waals surface area contributed by atoms with Crippen LogP contribution in [0.2, 0.25) is 0 Å². The Morgan fingerprint density at radius 2 is 1.96 bits per heavy atom. The summed E-state index contributed by atoms with van der Waals surface area (Å²) in [6.07, 6.45) is 0.520. The van der Waals surface area contributed by atoms with Gasteiger partial charge in [-0.2, -0.15) is 0 Å². The molecule has 0 spiro atoms. The molecule has 0 fully saturated rings. The van der Waals surface area contributed by atoms with Gasteiger partial charge in [0.2, 0.25) is 5.89 Å². The molecule has 2 aromatic carbocycles. The molecule has 26 heavy (non-hydrogen) atoms. The van der Waals surface area contributed by atoms with Gasteiger partial charge in [-0.25, -0.2) is 0 Å². The molecule has 0 aliphatic heterocycles. The highest BCUT2D eigenvalue weighted by atomic mass is 32.2. The van der Waals surface area contributed by atoms with Crippen molar-refractivity contribution in [3.8, 4) is 0 Å². The highest BCUT2D eigenvalue weighted by molar-refractivity contribution is 7.99. The minimum atomic E-state index is -0.493. The van der Waals surface area contributed by atoms with Crippen LogP contribution in [0, 0.1) is 17.0 Å². The molecule has 132 valence electrons. The van der Waals surface area contributed by atoms with Crippen molar-refractivity contribution in [1.29, 1.82) is 0 Å². The molecule has 3 rings (SSSR count). The van der Waals surface area contributed by atoms with Crippen molar-refractivity contribution in [2.24, 2.45) is 0 Å². The van der Waals surface area contributed by atoms with Gasteiger partial charge in [0.1, 0.15) is 0 Å². The van der Waals surface area contributed by atoms with Crippen LogP contribution in [-0.2, 0) is 6.42 Å². The molecule has 0 unspecified atom stereocenters. The fourth-order valence-corrected chi connectivity index (χ4v) is 3.00. The Hall–Kier alpha value is -3.00. The number of carbonyl (C=O) groups is 1. The minimum absolute atomic E-state index is 0.0627. The van der Waals surface area contributed by atoms with E-state index in [1.807, 2.05) is 30.3 Å². The van der Waals surface area contributed by atoms with Crippen LogP contribution in [0.5, 0.6) is 0 Å². The molecular formula is C18H15N3O4S. The molecule has 0 radical (unpaired) electrons. The number of nitrogens with zero attached hydrogens (tertiary/aromatic N) is 3. The second kappa shape index (κ2) is 7.92. The zero-order valence-corrected chi connectivity index (χ0v) is 14.7. The van der Waals surface area contributed by atoms with Gasteiger partial charge in [-0.1, -0.05) is 54.2 Å². The number of nitro groups is 1. The fraction of sp³-hybridized carbons (Fsp3) is 0.167. The maximum Gasteiger partial charge on any atom is 0.277 e. The van der Waals surface area contributed by atoms with Crippen molar-refractivity contribution in [3.63, 3.8) is 0 Å². The molecule has 1 heterocycles. The van der Waals surface area contributed by atoms with Crippen molar-refractivity contribution in [2.75, 3.05) is 5.75 Å². The maximum absolute atomic E-state index is 12.3. The molecule has 0 atom stereocenters. The average molecular weight is 369 g/mol. The predicted octanol–water partition coefficient (Wildman–Crippen LogP) is 3.85. The molecule has 0 amide bonds. The second-order valence-electron chi connectivity index (χ2n) is 5.59. The summed E-state index contributed by atoms with van der Waals surface area (Å²) in [7, 11) is 0. The number of rotatable bonds is 7. The second-order valence-corrected chi connectivity index (χ2v) is 6.52. The van der Waals surface area contributed by atoms with Gasteiger partial charge >= 0.3 is 0 Å². The number of thioether (sulfide) groups is 1. The summed E-state index contributed by atoms with van der Waals surface area (Å²) in [6.45, 7) is 1.63. The smallest absolute Gasteiger partial charge is 0.277 e. The Kier molecular flexibility index (Phi) is 5.43. The lowest BCUT2D eigenvalue weighted by molar-refractivity contribution is -0.385. The first-order chi connectivity index (χ1) is 12.5. The predicted molar refractivity (Wildman–Crippen MR) is 96.4 cm³/mol. The van der Waals surface area contributed by atoms with E-state index in [-0.39, 0.29) is 17.2 Å². The lowest BCUT2D eigenvalue weighted by atomic mass is 10.1. The highest BCUT2D eigenvalue weighted by Gasteiger charge is 2.16. The summed E-state index contributed by atoms with van der Waals surface area (Å²) < 4.78 is 5.54. The monoisotopic (exact) mass is 369 g/mol. The van der Waals surface area contributed by atoms with Crippen molar-refractivity contribution >= 4 is 23.2 Å². The van der Waals surface area contributed by atoms with E-state index in [2.05, 4.69) is 10.2 Å². The molecule has 0 aliphatic rings. The van der Waals surface area contributed by atoms with E-state index >= 15 is 0 Å². The Labute approximate surface area is 153 Å². The summed E-state index contributed by atoms with van der Waals surface area (Å²) in [5.41, 5.74) is 1.79. The average Bonchev–Trinajstić information content (AvgIpc) is 3.08. The van der Waals surface area contributed by atoms with Crippen LogP contribution >= 0.6 is 11.8 Å². The van der Waals surface area contributed by atoms with Crippen LogP contribution in [0.1, 0.15) is 27.4 Å². The molecule has 7 nitrogen and oxygen atoms in total. The maximum atomic E-state index is 12.3. The van der Waals surface area contributed by atoms with Crippen molar-refractivity contribution in [2.45, 2.75) is 18.6 Å². The topological polar surface area (TPSA) is 99.1 Å². The van der Waals surface area contributed by atoms with Crippen LogP contribution in [-0.4, -0.2) is 26.7 Å². The quantitative estimate of drug-likeness (QED) is 0.270. The summed E-state index contributed by atoms with van der Waals surface area (Å²) in [4.78, 5) is 22.8. The van der Waals surface area contributed by atoms with Crippen LogP contribution in [0.4, 0.5) is 5.69 Å². The fourth-order valence-electron chi connectivity index (χ4n) is 2.33. The van der Waals surface area contributed by atoms with Gasteiger partial charge in [-0.3, -0.25) is 14.9 Å². The van der Waals surface area contributed by atoms with Crippen molar-refractivity contribution in [3.05, 3.63) is 81.2 Å². The van der Waals surface area contributed by atoms with Crippen LogP contribution in [0.25, 0.3) is 0 Å². The molecule has 0 aliphatic carbocycles. The first kappa shape index (κ1) is 17.8. The number of aryl methyl sites for hydroxylation is 1. The summed E-state index contributed by atoms with van der Waals surface area (Å²) in [5.74, 6) is 0.297. The zero-order chi connectivity index (χ0) is 18.5. The summed E-state index contributed by atoms with van der Waals surface area (Å²) in [6, 6.07) is 14.2. The number of benzene rings is 2. The van der Waals surface area contributed by atoms with E-state index in [4.69, 9.17) is 4.42 Å². The summed E-state index contributed by atoms with van der Waals surface area (Å²) >= 11 is 1.11. The minimum Gasteiger partial charge on any atom is -0.416 e. The number of hydrogen-bond donors (Lipinski definition) is 0. The van der Waals surface area contributed by atoms with Crippen molar-refractivity contribution in [1.82, 2.24) is 10.2 Å². The largest absolute Gasteiger partial charge is 0.416 e. The molecule has 0 saturated carbocycles. The van der Waals surface area contributed by atoms with Gasteiger partial charge in [-0.15, -0.1) is 10.2 Å². The van der Waals surface area contributed by atoms with Gasteiger partial charge in [0, 0.05) is 17.2 Å². The number of carbonyl (C=O) groups excluding carboxylic acids is 1. The van der Waals surface area contributed by atoms with Gasteiger partial charge < -0.3 is 4.42 Å². The molecule has 0 bridgehead atoms. The standard InChI is InChI=1S/C18H15N3O4S/c1-12-7-8-14(10-15(12)21(23)24)16(22)11-26-18-20-19-17(25-18)9-13-5-3-2-4-6-13/h2-8,10H,9,11H2,1H3. The van der Waals surface area contributed by atoms with Crippen molar-refractivity contribution < 1.29 is 14.1 Å². The van der Waals surface area contributed by atoms with Gasteiger partial charge in [0.15, 0.2) is 5.78 Å². The third-order valence-electron chi connectivity index (χ3n) is 3.70. The normalized spacial score (nSPS) is 10.7. The highest BCUT2D eigenvalue weighted by Crippen LogP contribution is 2.23. The van der Waals surface area contributed by atoms with E-state index in [0.717, 1.165) is 17.3 Å². The Morgan fingerprint density at radius 3 is 2.69 bits per heavy atom. The third-order valence-corrected chi connectivity index (χ3v) is 4.52. The number of nitro benzene ring substituents is 1. The lowest BCUT2D eigenvalue weighted by Gasteiger charge is -2.01. The summed E-state index contributed by atoms with van der Waals surface area (Å²) in [5, 5.41) is 19.2. The molecule has 3 aromatic rings. The third kappa shape index (κ3) is 4.34. The van der Waals surface area contributed by atoms with Crippen LogP contribution < -0.4 is 0 Å². The van der Waals surface area contributed by atoms with Crippen LogP contribution in [0.3, 0.4) is 0 Å². The van der Waals surface area contributed by atoms with E-state index < -0.39 is 4.92 Å². The van der Waals surface area contributed by atoms with Gasteiger partial charge in [0.25, 0.3) is 10.9 Å². The van der Waals surface area contributed by atoms with E-state index in [9.17, 15) is 14.9 Å². The van der Waals surface area contributed by atoms with Gasteiger partial charge in [0.05, 0.1) is 17.1 Å². The molecular weight excluding hydrogens is 354 g/mol. The Bertz CT molecular complexity index is 941. The molecule has 0 saturated heterocycles. The molecule has 0 N–H and O–H groups in total. The SMILES string of the molecule is Cc1ccc(C(=O)CSc2nnc(Cc3ccccc3)o2)cc1[N+](=O)[O-]. The van der Waals surface area contributed by atoms with Crippen LogP contribution in [0.15, 0.2) is 58.2 Å². The first-order valence-electron chi connectivity index (χ1n) is 7.80. The van der Waals surface area contributed by atoms with E-state index in [1.165, 1.54) is 6.07 Å². The molecule has 1 aromatic heterocycles. The lowest BCUT2D eigenvalue weighted by Crippen LogP contribution is -2.04. The van der Waals surface area contributed by atoms with E-state index in [1.54, 1.807) is 19.1 Å². The number of ketones is 1. The number of Topliss-reactive ketones (excluding diaryl/α,β-unsaturated/α-hetero) is 1. The Morgan fingerprint density at radius 1 is 1.19 bits per heavy atom.